The maximum atomic E-state index is 10.5. The zero-order valence-corrected chi connectivity index (χ0v) is 8.57. The Morgan fingerprint density at radius 2 is 1.94 bits per heavy atom. The molecule has 0 radical (unpaired) electrons. The lowest BCUT2D eigenvalue weighted by molar-refractivity contribution is -0.242. The van der Waals surface area contributed by atoms with Crippen LogP contribution in [0.25, 0.3) is 0 Å². The lowest BCUT2D eigenvalue weighted by Gasteiger charge is -2.33. The van der Waals surface area contributed by atoms with Crippen LogP contribution >= 0.6 is 0 Å². The molecule has 10 heteroatoms. The molecule has 0 saturated carbocycles. The normalized spacial score (nSPS) is 35.9. The van der Waals surface area contributed by atoms with Crippen LogP contribution in [0, 0.1) is 0 Å². The van der Waals surface area contributed by atoms with E-state index < -0.39 is 47.4 Å². The molecule has 2 unspecified atom stereocenters. The van der Waals surface area contributed by atoms with Gasteiger partial charge in [0.2, 0.25) is 0 Å². The minimum Gasteiger partial charge on any atom is -0.479 e. The Morgan fingerprint density at radius 3 is 2.31 bits per heavy atom. The van der Waals surface area contributed by atoms with Crippen molar-refractivity contribution >= 4 is 16.4 Å². The molecule has 0 aliphatic carbocycles. The molecule has 1 saturated heterocycles. The number of ether oxygens (including phenoxy) is 1. The molecule has 9 nitrogen and oxygen atoms in total. The summed E-state index contributed by atoms with van der Waals surface area (Å²) in [4.78, 5) is 10.5. The Kier molecular flexibility index (Phi) is 3.83. The minimum absolute atomic E-state index is 0.466. The molecule has 0 aromatic carbocycles. The Morgan fingerprint density at radius 1 is 1.38 bits per heavy atom. The molecule has 16 heavy (non-hydrogen) atoms. The number of carbonyl (C=O) groups is 1. The van der Waals surface area contributed by atoms with Crippen LogP contribution in [0.3, 0.4) is 0 Å². The summed E-state index contributed by atoms with van der Waals surface area (Å²) in [6, 6.07) is 0. The summed E-state index contributed by atoms with van der Waals surface area (Å²) in [6.07, 6.45) is -7.25. The van der Waals surface area contributed by atoms with Gasteiger partial charge in [-0.25, -0.2) is 8.98 Å². The third-order valence-corrected chi connectivity index (χ3v) is 2.39. The summed E-state index contributed by atoms with van der Waals surface area (Å²) in [6.45, 7) is 0. The van der Waals surface area contributed by atoms with Gasteiger partial charge < -0.3 is 20.1 Å². The minimum atomic E-state index is -4.87. The first-order valence-corrected chi connectivity index (χ1v) is 5.47. The van der Waals surface area contributed by atoms with Crippen LogP contribution in [-0.4, -0.2) is 58.9 Å². The van der Waals surface area contributed by atoms with E-state index in [4.69, 9.17) is 9.66 Å². The molecule has 0 amide bonds. The fourth-order valence-electron chi connectivity index (χ4n) is 1.26. The van der Waals surface area contributed by atoms with E-state index >= 15 is 0 Å². The molecule has 0 spiro atoms. The number of hydrogen-bond donors (Lipinski definition) is 4. The third-order valence-electron chi connectivity index (χ3n) is 1.93. The van der Waals surface area contributed by atoms with Gasteiger partial charge in [0.1, 0.15) is 0 Å². The van der Waals surface area contributed by atoms with Gasteiger partial charge in [-0.05, 0) is 0 Å². The summed E-state index contributed by atoms with van der Waals surface area (Å²) in [5.74, 6) is -1.41. The number of carboxylic acids is 1. The van der Waals surface area contributed by atoms with Crippen molar-refractivity contribution in [1.82, 2.24) is 0 Å². The quantitative estimate of drug-likeness (QED) is 0.410. The number of aliphatic hydroxyl groups excluding tert-OH is 2. The van der Waals surface area contributed by atoms with Gasteiger partial charge in [0, 0.05) is 6.42 Å². The van der Waals surface area contributed by atoms with Crippen LogP contribution in [-0.2, 0) is 24.1 Å². The van der Waals surface area contributed by atoms with Crippen LogP contribution < -0.4 is 0 Å². The van der Waals surface area contributed by atoms with Crippen molar-refractivity contribution in [3.8, 4) is 0 Å². The first kappa shape index (κ1) is 13.3. The number of aliphatic hydroxyl groups is 2. The van der Waals surface area contributed by atoms with Gasteiger partial charge >= 0.3 is 16.4 Å². The average molecular weight is 258 g/mol. The topological polar surface area (TPSA) is 151 Å². The molecular weight excluding hydrogens is 248 g/mol. The van der Waals surface area contributed by atoms with Crippen molar-refractivity contribution in [3.05, 3.63) is 0 Å². The predicted octanol–water partition coefficient (Wildman–Crippen LogP) is -2.27. The van der Waals surface area contributed by atoms with Crippen molar-refractivity contribution in [1.29, 1.82) is 0 Å². The van der Waals surface area contributed by atoms with E-state index in [0.717, 1.165) is 0 Å². The van der Waals surface area contributed by atoms with Gasteiger partial charge in [-0.1, -0.05) is 0 Å². The molecule has 1 heterocycles. The van der Waals surface area contributed by atoms with Crippen LogP contribution in [0.5, 0.6) is 0 Å². The van der Waals surface area contributed by atoms with E-state index in [1.165, 1.54) is 0 Å². The smallest absolute Gasteiger partial charge is 0.397 e. The fourth-order valence-corrected chi connectivity index (χ4v) is 1.76. The Hall–Kier alpha value is -0.780. The maximum Gasteiger partial charge on any atom is 0.397 e. The first-order chi connectivity index (χ1) is 7.20. The first-order valence-electron chi connectivity index (χ1n) is 4.11. The van der Waals surface area contributed by atoms with E-state index in [9.17, 15) is 23.4 Å². The summed E-state index contributed by atoms with van der Waals surface area (Å²) in [5, 5.41) is 27.0. The van der Waals surface area contributed by atoms with E-state index in [1.807, 2.05) is 0 Å². The Balaban J connectivity index is 2.73. The highest BCUT2D eigenvalue weighted by molar-refractivity contribution is 7.80. The summed E-state index contributed by atoms with van der Waals surface area (Å²) < 4.78 is 37.4. The number of carboxylic acid groups (broad SMARTS) is 1. The average Bonchev–Trinajstić information content (AvgIpc) is 2.09. The molecule has 94 valence electrons. The SMILES string of the molecule is O=C(O)C1C[C@H](O)C(OS(=O)(=O)O)[C@H](O)O1. The fraction of sp³-hybridized carbons (Fsp3) is 0.833. The van der Waals surface area contributed by atoms with Crippen LogP contribution in [0.4, 0.5) is 0 Å². The van der Waals surface area contributed by atoms with Crippen LogP contribution in [0.15, 0.2) is 0 Å². The second-order valence-corrected chi connectivity index (χ2v) is 4.19. The van der Waals surface area contributed by atoms with Crippen molar-refractivity contribution in [3.63, 3.8) is 0 Å². The molecule has 0 bridgehead atoms. The third kappa shape index (κ3) is 3.37. The highest BCUT2D eigenvalue weighted by atomic mass is 32.3. The van der Waals surface area contributed by atoms with Crippen molar-refractivity contribution in [2.45, 2.75) is 31.0 Å². The highest BCUT2D eigenvalue weighted by Gasteiger charge is 2.42. The largest absolute Gasteiger partial charge is 0.479 e. The van der Waals surface area contributed by atoms with Gasteiger partial charge in [-0.3, -0.25) is 4.55 Å². The van der Waals surface area contributed by atoms with Gasteiger partial charge in [0.05, 0.1) is 6.10 Å². The van der Waals surface area contributed by atoms with Crippen molar-refractivity contribution in [2.75, 3.05) is 0 Å². The highest BCUT2D eigenvalue weighted by Crippen LogP contribution is 2.22. The zero-order valence-electron chi connectivity index (χ0n) is 7.75. The van der Waals surface area contributed by atoms with Crippen LogP contribution in [0.1, 0.15) is 6.42 Å². The number of rotatable bonds is 3. The van der Waals surface area contributed by atoms with Crippen molar-refractivity contribution < 1.29 is 42.0 Å². The molecule has 4 N–H and O–H groups in total. The van der Waals surface area contributed by atoms with E-state index in [2.05, 4.69) is 8.92 Å². The maximum absolute atomic E-state index is 10.5. The van der Waals surface area contributed by atoms with Gasteiger partial charge in [0.25, 0.3) is 0 Å². The summed E-state index contributed by atoms with van der Waals surface area (Å²) >= 11 is 0. The monoisotopic (exact) mass is 258 g/mol. The van der Waals surface area contributed by atoms with Crippen LogP contribution in [0.2, 0.25) is 0 Å². The molecule has 1 aliphatic rings. The van der Waals surface area contributed by atoms with E-state index in [0.29, 0.717) is 0 Å². The summed E-state index contributed by atoms with van der Waals surface area (Å²) in [7, 11) is -4.87. The molecule has 1 aliphatic heterocycles. The Labute approximate surface area is 90.2 Å². The van der Waals surface area contributed by atoms with E-state index in [-0.39, 0.29) is 0 Å². The molecule has 1 fully saturated rings. The van der Waals surface area contributed by atoms with E-state index in [1.54, 1.807) is 0 Å². The van der Waals surface area contributed by atoms with Gasteiger partial charge in [-0.15, -0.1) is 0 Å². The van der Waals surface area contributed by atoms with Crippen molar-refractivity contribution in [2.24, 2.45) is 0 Å². The lowest BCUT2D eigenvalue weighted by atomic mass is 10.0. The number of hydrogen-bond acceptors (Lipinski definition) is 7. The lowest BCUT2D eigenvalue weighted by Crippen LogP contribution is -2.52. The molecule has 1 rings (SSSR count). The number of aliphatic carboxylic acids is 1. The predicted molar refractivity (Wildman–Crippen MR) is 45.6 cm³/mol. The van der Waals surface area contributed by atoms with Gasteiger partial charge in [-0.2, -0.15) is 8.42 Å². The summed E-state index contributed by atoms with van der Waals surface area (Å²) in [5.41, 5.74) is 0. The zero-order chi connectivity index (χ0) is 12.5. The Bertz CT molecular complexity index is 350. The standard InChI is InChI=1S/C6H10O9S/c7-2-1-3(5(8)9)14-6(10)4(2)15-16(11,12)13/h2-4,6-7,10H,1H2,(H,8,9)(H,11,12,13)/t2-,3?,4?,6+/m0/s1. The second-order valence-electron chi connectivity index (χ2n) is 3.15. The second kappa shape index (κ2) is 4.61. The molecule has 4 atom stereocenters. The van der Waals surface area contributed by atoms with Gasteiger partial charge in [0.15, 0.2) is 18.5 Å². The molecular formula is C6H10O9S. The molecule has 0 aromatic rings. The molecule has 0 aromatic heterocycles.